The Balaban J connectivity index is 1.67. The molecule has 0 N–H and O–H groups in total. The molecule has 1 aromatic rings. The second-order valence-electron chi connectivity index (χ2n) is 6.97. The molecule has 1 aromatic heterocycles. The van der Waals surface area contributed by atoms with Crippen LogP contribution in [-0.2, 0) is 14.3 Å². The smallest absolute Gasteiger partial charge is 0.339 e. The van der Waals surface area contributed by atoms with Gasteiger partial charge in [-0.15, -0.1) is 0 Å². The number of allylic oxidation sites excluding steroid dienone is 6. The maximum atomic E-state index is 13.3. The van der Waals surface area contributed by atoms with Crippen LogP contribution in [0.25, 0.3) is 0 Å². The van der Waals surface area contributed by atoms with E-state index in [4.69, 9.17) is 9.47 Å². The van der Waals surface area contributed by atoms with E-state index in [1.54, 1.807) is 12.1 Å². The first-order chi connectivity index (χ1) is 12.6. The molecule has 2 atom stereocenters. The third kappa shape index (κ3) is 2.68. The van der Waals surface area contributed by atoms with Crippen LogP contribution in [0.1, 0.15) is 48.2 Å². The number of carbonyl (C=O) groups excluding carboxylic acids is 2. The van der Waals surface area contributed by atoms with Crippen LogP contribution >= 0.6 is 0 Å². The minimum atomic E-state index is -0.446. The fourth-order valence-corrected chi connectivity index (χ4v) is 4.00. The molecule has 0 bridgehead atoms. The largest absolute Gasteiger partial charge is 0.496 e. The molecule has 3 aliphatic rings. The van der Waals surface area contributed by atoms with Crippen molar-refractivity contribution in [2.24, 2.45) is 5.92 Å². The van der Waals surface area contributed by atoms with Crippen molar-refractivity contribution >= 4 is 11.8 Å². The number of esters is 1. The van der Waals surface area contributed by atoms with E-state index in [2.05, 4.69) is 24.1 Å². The molecule has 0 saturated heterocycles. The molecule has 0 spiro atoms. The number of nitrogens with zero attached hydrogens (tertiary/aromatic N) is 1. The molecule has 2 unspecified atom stereocenters. The van der Waals surface area contributed by atoms with Crippen molar-refractivity contribution in [2.45, 2.75) is 32.1 Å². The van der Waals surface area contributed by atoms with Gasteiger partial charge in [-0.1, -0.05) is 24.6 Å². The lowest BCUT2D eigenvalue weighted by atomic mass is 9.74. The third-order valence-electron chi connectivity index (χ3n) is 5.40. The molecule has 26 heavy (non-hydrogen) atoms. The van der Waals surface area contributed by atoms with Crippen molar-refractivity contribution in [1.82, 2.24) is 4.98 Å². The third-order valence-corrected chi connectivity index (χ3v) is 5.40. The molecule has 0 saturated carbocycles. The van der Waals surface area contributed by atoms with Crippen LogP contribution in [-0.4, -0.2) is 30.5 Å². The molecule has 0 radical (unpaired) electrons. The van der Waals surface area contributed by atoms with Crippen LogP contribution in [0.2, 0.25) is 0 Å². The summed E-state index contributed by atoms with van der Waals surface area (Å²) in [5, 5.41) is 0. The Morgan fingerprint density at radius 1 is 1.35 bits per heavy atom. The lowest BCUT2D eigenvalue weighted by Gasteiger charge is -2.35. The van der Waals surface area contributed by atoms with Crippen molar-refractivity contribution in [1.29, 1.82) is 0 Å². The number of carbonyl (C=O) groups is 2. The summed E-state index contributed by atoms with van der Waals surface area (Å²) >= 11 is 0. The summed E-state index contributed by atoms with van der Waals surface area (Å²) in [7, 11) is 1.33. The highest BCUT2D eigenvalue weighted by Gasteiger charge is 2.39. The van der Waals surface area contributed by atoms with Gasteiger partial charge in [-0.2, -0.15) is 0 Å². The predicted octanol–water partition coefficient (Wildman–Crippen LogP) is 3.49. The molecule has 2 aliphatic carbocycles. The molecule has 0 fully saturated rings. The van der Waals surface area contributed by atoms with Crippen LogP contribution in [0, 0.1) is 5.92 Å². The topological polar surface area (TPSA) is 65.5 Å². The van der Waals surface area contributed by atoms with E-state index in [1.807, 2.05) is 0 Å². The van der Waals surface area contributed by atoms with Crippen molar-refractivity contribution in [2.75, 3.05) is 13.7 Å². The van der Waals surface area contributed by atoms with Gasteiger partial charge < -0.3 is 9.47 Å². The van der Waals surface area contributed by atoms with E-state index < -0.39 is 11.9 Å². The summed E-state index contributed by atoms with van der Waals surface area (Å²) in [5.41, 5.74) is 4.12. The number of ketones is 1. The van der Waals surface area contributed by atoms with Crippen LogP contribution in [0.3, 0.4) is 0 Å². The number of pyridine rings is 1. The number of rotatable bonds is 2. The number of fused-ring (bicyclic) bond motifs is 1. The first kappa shape index (κ1) is 16.8. The molecule has 2 heterocycles. The Morgan fingerprint density at radius 3 is 2.92 bits per heavy atom. The number of hydrogen-bond acceptors (Lipinski definition) is 5. The Morgan fingerprint density at radius 2 is 2.19 bits per heavy atom. The summed E-state index contributed by atoms with van der Waals surface area (Å²) in [6, 6.07) is 3.35. The van der Waals surface area contributed by atoms with Gasteiger partial charge in [0.15, 0.2) is 5.78 Å². The summed E-state index contributed by atoms with van der Waals surface area (Å²) in [6.45, 7) is 2.49. The molecular formula is C21H21NO4. The highest BCUT2D eigenvalue weighted by molar-refractivity contribution is 6.06. The van der Waals surface area contributed by atoms with Gasteiger partial charge in [-0.05, 0) is 36.5 Å². The molecule has 1 aliphatic heterocycles. The molecule has 134 valence electrons. The average Bonchev–Trinajstić information content (AvgIpc) is 2.68. The van der Waals surface area contributed by atoms with Gasteiger partial charge in [0, 0.05) is 12.6 Å². The normalized spacial score (nSPS) is 24.8. The van der Waals surface area contributed by atoms with E-state index in [0.717, 1.165) is 36.2 Å². The number of ether oxygens (including phenoxy) is 2. The second kappa shape index (κ2) is 6.56. The SMILES string of the molecule is COC(=O)c1ccc(C2COC3=C(C2=O)C2=C(CCC=C2)C(C)C3)nc1. The molecule has 0 aromatic carbocycles. The Kier molecular flexibility index (Phi) is 4.23. The van der Waals surface area contributed by atoms with Gasteiger partial charge >= 0.3 is 5.97 Å². The Bertz CT molecular complexity index is 861. The molecule has 5 heteroatoms. The first-order valence-electron chi connectivity index (χ1n) is 8.94. The second-order valence-corrected chi connectivity index (χ2v) is 6.97. The van der Waals surface area contributed by atoms with E-state index in [9.17, 15) is 9.59 Å². The van der Waals surface area contributed by atoms with Crippen molar-refractivity contribution in [3.8, 4) is 0 Å². The highest BCUT2D eigenvalue weighted by Crippen LogP contribution is 2.44. The summed E-state index contributed by atoms with van der Waals surface area (Å²) < 4.78 is 10.7. The zero-order valence-electron chi connectivity index (χ0n) is 15.0. The summed E-state index contributed by atoms with van der Waals surface area (Å²) in [6.07, 6.45) is 8.47. The first-order valence-corrected chi connectivity index (χ1v) is 8.94. The fraction of sp³-hybridized carbons (Fsp3) is 0.381. The van der Waals surface area contributed by atoms with Gasteiger partial charge in [0.1, 0.15) is 12.4 Å². The van der Waals surface area contributed by atoms with Crippen molar-refractivity contribution < 1.29 is 19.1 Å². The summed E-state index contributed by atoms with van der Waals surface area (Å²) in [5.74, 6) is 0.405. The number of hydrogen-bond donors (Lipinski definition) is 0. The minimum Gasteiger partial charge on any atom is -0.496 e. The maximum Gasteiger partial charge on any atom is 0.339 e. The van der Waals surface area contributed by atoms with Crippen LogP contribution in [0.5, 0.6) is 0 Å². The molecule has 5 nitrogen and oxygen atoms in total. The monoisotopic (exact) mass is 351 g/mol. The van der Waals surface area contributed by atoms with Crippen LogP contribution in [0.15, 0.2) is 53.0 Å². The van der Waals surface area contributed by atoms with Crippen LogP contribution < -0.4 is 0 Å². The standard InChI is InChI=1S/C21H21NO4/c1-12-9-18-19(15-6-4-3-5-14(12)15)20(23)16(11-26-18)17-8-7-13(10-22-17)21(24)25-2/h4,6-8,10,12,16H,3,5,9,11H2,1-2H3. The van der Waals surface area contributed by atoms with Gasteiger partial charge in [0.2, 0.25) is 0 Å². The van der Waals surface area contributed by atoms with E-state index in [-0.39, 0.29) is 5.78 Å². The summed E-state index contributed by atoms with van der Waals surface area (Å²) in [4.78, 5) is 29.1. The van der Waals surface area contributed by atoms with Crippen LogP contribution in [0.4, 0.5) is 0 Å². The predicted molar refractivity (Wildman–Crippen MR) is 95.5 cm³/mol. The van der Waals surface area contributed by atoms with Gasteiger partial charge in [-0.3, -0.25) is 9.78 Å². The van der Waals surface area contributed by atoms with E-state index in [0.29, 0.717) is 23.8 Å². The van der Waals surface area contributed by atoms with Crippen molar-refractivity contribution in [3.63, 3.8) is 0 Å². The van der Waals surface area contributed by atoms with Gasteiger partial charge in [0.05, 0.1) is 29.9 Å². The lowest BCUT2D eigenvalue weighted by molar-refractivity contribution is -0.119. The number of Topliss-reactive ketones (excluding diaryl/α,β-unsaturated/α-hetero) is 1. The quantitative estimate of drug-likeness (QED) is 0.763. The molecule has 4 rings (SSSR count). The van der Waals surface area contributed by atoms with Gasteiger partial charge in [0.25, 0.3) is 0 Å². The van der Waals surface area contributed by atoms with E-state index >= 15 is 0 Å². The highest BCUT2D eigenvalue weighted by atomic mass is 16.5. The zero-order valence-corrected chi connectivity index (χ0v) is 15.0. The van der Waals surface area contributed by atoms with Gasteiger partial charge in [-0.25, -0.2) is 4.79 Å². The molecule has 0 amide bonds. The number of aromatic nitrogens is 1. The Labute approximate surface area is 152 Å². The lowest BCUT2D eigenvalue weighted by Crippen LogP contribution is -2.31. The molecular weight excluding hydrogens is 330 g/mol. The van der Waals surface area contributed by atoms with E-state index in [1.165, 1.54) is 18.9 Å². The van der Waals surface area contributed by atoms with Crippen molar-refractivity contribution in [3.05, 3.63) is 64.2 Å². The zero-order chi connectivity index (χ0) is 18.3. The average molecular weight is 351 g/mol. The maximum absolute atomic E-state index is 13.3. The number of methoxy groups -OCH3 is 1. The minimum absolute atomic E-state index is 0.0653. The fourth-order valence-electron chi connectivity index (χ4n) is 4.00. The Hall–Kier alpha value is -2.69.